The van der Waals surface area contributed by atoms with Crippen molar-refractivity contribution in [1.29, 1.82) is 0 Å². The maximum atomic E-state index is 12.7. The molecule has 0 amide bonds. The second kappa shape index (κ2) is 8.14. The van der Waals surface area contributed by atoms with Crippen LogP contribution in [0.1, 0.15) is 17.7 Å². The molecule has 4 rings (SSSR count). The first-order valence-corrected chi connectivity index (χ1v) is 11.0. The van der Waals surface area contributed by atoms with Crippen molar-refractivity contribution >= 4 is 15.7 Å². The van der Waals surface area contributed by atoms with Gasteiger partial charge in [-0.15, -0.1) is 0 Å². The lowest BCUT2D eigenvalue weighted by Gasteiger charge is -2.09. The van der Waals surface area contributed by atoms with Crippen LogP contribution in [-0.4, -0.2) is 29.6 Å². The molecule has 0 spiro atoms. The number of sulfonamides is 1. The highest BCUT2D eigenvalue weighted by Crippen LogP contribution is 2.22. The van der Waals surface area contributed by atoms with E-state index >= 15 is 0 Å². The smallest absolute Gasteiger partial charge is 0.237 e. The highest BCUT2D eigenvalue weighted by Gasteiger charge is 2.14. The summed E-state index contributed by atoms with van der Waals surface area (Å²) in [4.78, 5) is 4.65. The molecular weight excluding hydrogens is 384 g/mol. The topological polar surface area (TPSA) is 76.4 Å². The van der Waals surface area contributed by atoms with Gasteiger partial charge in [0.1, 0.15) is 0 Å². The van der Waals surface area contributed by atoms with Gasteiger partial charge in [0, 0.05) is 25.0 Å². The minimum atomic E-state index is -3.56. The van der Waals surface area contributed by atoms with E-state index in [1.54, 1.807) is 22.7 Å². The number of rotatable bonds is 7. The Morgan fingerprint density at radius 1 is 1.00 bits per heavy atom. The van der Waals surface area contributed by atoms with Crippen LogP contribution in [0.5, 0.6) is 0 Å². The van der Waals surface area contributed by atoms with Crippen molar-refractivity contribution in [2.45, 2.75) is 24.7 Å². The molecule has 2 aromatic carbocycles. The highest BCUT2D eigenvalue weighted by atomic mass is 32.2. The molecule has 0 fully saturated rings. The molecular formula is C22H22N4O2S. The number of hydrogen-bond acceptors (Lipinski definition) is 4. The molecule has 7 heteroatoms. The predicted octanol–water partition coefficient (Wildman–Crippen LogP) is 3.62. The van der Waals surface area contributed by atoms with Crippen molar-refractivity contribution in [3.05, 3.63) is 84.3 Å². The van der Waals surface area contributed by atoms with E-state index in [1.807, 2.05) is 61.8 Å². The van der Waals surface area contributed by atoms with E-state index < -0.39 is 10.0 Å². The number of hydrogen-bond donors (Lipinski definition) is 1. The molecule has 0 aliphatic rings. The predicted molar refractivity (Wildman–Crippen MR) is 113 cm³/mol. The molecule has 0 aliphatic heterocycles. The second-order valence-corrected chi connectivity index (χ2v) is 8.71. The number of fused-ring (bicyclic) bond motifs is 1. The Morgan fingerprint density at radius 2 is 1.79 bits per heavy atom. The number of benzene rings is 2. The zero-order valence-corrected chi connectivity index (χ0v) is 16.9. The Balaban J connectivity index is 1.38. The number of nitrogens with one attached hydrogen (secondary N) is 1. The van der Waals surface area contributed by atoms with E-state index in [0.717, 1.165) is 28.0 Å². The molecule has 148 valence electrons. The lowest BCUT2D eigenvalue weighted by molar-refractivity contribution is 0.579. The van der Waals surface area contributed by atoms with Gasteiger partial charge in [-0.25, -0.2) is 22.6 Å². The third kappa shape index (κ3) is 4.52. The van der Waals surface area contributed by atoms with Gasteiger partial charge in [-0.1, -0.05) is 42.5 Å². The summed E-state index contributed by atoms with van der Waals surface area (Å²) < 4.78 is 29.8. The van der Waals surface area contributed by atoms with E-state index in [0.29, 0.717) is 19.4 Å². The fourth-order valence-corrected chi connectivity index (χ4v) is 4.34. The third-order valence-corrected chi connectivity index (χ3v) is 6.13. The maximum absolute atomic E-state index is 12.7. The van der Waals surface area contributed by atoms with Gasteiger partial charge in [-0.05, 0) is 48.6 Å². The molecule has 4 aromatic rings. The number of aryl methyl sites for hydroxylation is 2. The lowest BCUT2D eigenvalue weighted by atomic mass is 10.1. The van der Waals surface area contributed by atoms with Gasteiger partial charge in [0.2, 0.25) is 10.0 Å². The van der Waals surface area contributed by atoms with Gasteiger partial charge in [-0.3, -0.25) is 0 Å². The maximum Gasteiger partial charge on any atom is 0.240 e. The van der Waals surface area contributed by atoms with E-state index in [9.17, 15) is 8.42 Å². The average molecular weight is 407 g/mol. The summed E-state index contributed by atoms with van der Waals surface area (Å²) in [5.74, 6) is 0. The minimum Gasteiger partial charge on any atom is -0.237 e. The molecule has 1 N–H and O–H groups in total. The van der Waals surface area contributed by atoms with Crippen molar-refractivity contribution in [3.63, 3.8) is 0 Å². The van der Waals surface area contributed by atoms with E-state index in [4.69, 9.17) is 0 Å². The van der Waals surface area contributed by atoms with Crippen molar-refractivity contribution in [2.75, 3.05) is 6.54 Å². The van der Waals surface area contributed by atoms with E-state index in [-0.39, 0.29) is 4.90 Å². The largest absolute Gasteiger partial charge is 0.240 e. The Hall–Kier alpha value is -3.03. The molecule has 0 radical (unpaired) electrons. The van der Waals surface area contributed by atoms with Gasteiger partial charge in [-0.2, -0.15) is 5.10 Å². The second-order valence-electron chi connectivity index (χ2n) is 6.95. The van der Waals surface area contributed by atoms with Crippen molar-refractivity contribution in [1.82, 2.24) is 19.3 Å². The fraction of sp³-hybridized carbons (Fsp3) is 0.182. The van der Waals surface area contributed by atoms with Gasteiger partial charge in [0.15, 0.2) is 5.65 Å². The average Bonchev–Trinajstić information content (AvgIpc) is 3.11. The summed E-state index contributed by atoms with van der Waals surface area (Å²) in [5.41, 5.74) is 4.61. The standard InChI is InChI=1S/C22H22N4O2S/c1-17-13-22-23-15-18(16-26(22)25-17)7-6-12-24-29(27,28)21-11-5-10-20(14-21)19-8-3-2-4-9-19/h2-5,8-11,13-16,24H,6-7,12H2,1H3. The molecule has 6 nitrogen and oxygen atoms in total. The number of nitrogens with zero attached hydrogens (tertiary/aromatic N) is 3. The quantitative estimate of drug-likeness (QED) is 0.476. The van der Waals surface area contributed by atoms with Crippen LogP contribution < -0.4 is 4.72 Å². The SMILES string of the molecule is Cc1cc2ncc(CCCNS(=O)(=O)c3cccc(-c4ccccc4)c3)cn2n1. The monoisotopic (exact) mass is 406 g/mol. The summed E-state index contributed by atoms with van der Waals surface area (Å²) >= 11 is 0. The molecule has 0 saturated heterocycles. The molecule has 0 bridgehead atoms. The summed E-state index contributed by atoms with van der Waals surface area (Å²) in [7, 11) is -3.56. The molecule has 0 unspecified atom stereocenters. The first kappa shape index (κ1) is 19.3. The van der Waals surface area contributed by atoms with Crippen LogP contribution in [0.3, 0.4) is 0 Å². The van der Waals surface area contributed by atoms with Crippen LogP contribution in [0, 0.1) is 6.92 Å². The zero-order valence-electron chi connectivity index (χ0n) is 16.1. The molecule has 0 aliphatic carbocycles. The summed E-state index contributed by atoms with van der Waals surface area (Å²) in [5, 5.41) is 4.36. The first-order chi connectivity index (χ1) is 14.0. The normalized spacial score (nSPS) is 11.8. The lowest BCUT2D eigenvalue weighted by Crippen LogP contribution is -2.25. The van der Waals surface area contributed by atoms with Crippen molar-refractivity contribution in [3.8, 4) is 11.1 Å². The Morgan fingerprint density at radius 3 is 2.62 bits per heavy atom. The molecule has 2 heterocycles. The third-order valence-electron chi connectivity index (χ3n) is 4.67. The fourth-order valence-electron chi connectivity index (χ4n) is 3.22. The molecule has 0 atom stereocenters. The van der Waals surface area contributed by atoms with Crippen LogP contribution in [0.25, 0.3) is 16.8 Å². The van der Waals surface area contributed by atoms with Gasteiger partial charge < -0.3 is 0 Å². The Bertz CT molecular complexity index is 1230. The van der Waals surface area contributed by atoms with E-state index in [1.165, 1.54) is 0 Å². The molecule has 2 aromatic heterocycles. The van der Waals surface area contributed by atoms with Crippen LogP contribution in [0.4, 0.5) is 0 Å². The van der Waals surface area contributed by atoms with Crippen molar-refractivity contribution in [2.24, 2.45) is 0 Å². The Kier molecular flexibility index (Phi) is 5.42. The summed E-state index contributed by atoms with van der Waals surface area (Å²) in [6.07, 6.45) is 5.14. The number of aromatic nitrogens is 3. The zero-order chi connectivity index (χ0) is 20.3. The molecule has 0 saturated carbocycles. The van der Waals surface area contributed by atoms with Gasteiger partial charge in [0.25, 0.3) is 0 Å². The molecule has 29 heavy (non-hydrogen) atoms. The Labute approximate surface area is 170 Å². The van der Waals surface area contributed by atoms with Gasteiger partial charge in [0.05, 0.1) is 10.6 Å². The van der Waals surface area contributed by atoms with Crippen LogP contribution in [0.15, 0.2) is 78.0 Å². The minimum absolute atomic E-state index is 0.272. The van der Waals surface area contributed by atoms with E-state index in [2.05, 4.69) is 14.8 Å². The van der Waals surface area contributed by atoms with Crippen LogP contribution in [-0.2, 0) is 16.4 Å². The van der Waals surface area contributed by atoms with Crippen molar-refractivity contribution < 1.29 is 8.42 Å². The summed E-state index contributed by atoms with van der Waals surface area (Å²) in [6.45, 7) is 2.28. The highest BCUT2D eigenvalue weighted by molar-refractivity contribution is 7.89. The summed E-state index contributed by atoms with van der Waals surface area (Å²) in [6, 6.07) is 18.7. The van der Waals surface area contributed by atoms with Gasteiger partial charge >= 0.3 is 0 Å². The van der Waals surface area contributed by atoms with Crippen LogP contribution >= 0.6 is 0 Å². The first-order valence-electron chi connectivity index (χ1n) is 9.47. The van der Waals surface area contributed by atoms with Crippen LogP contribution in [0.2, 0.25) is 0 Å².